The Balaban J connectivity index is 3.49. The zero-order chi connectivity index (χ0) is 13.9. The molecule has 104 valence electrons. The van der Waals surface area contributed by atoms with Gasteiger partial charge in [0.05, 0.1) is 13.7 Å². The SMILES string of the molecule is COC(=O)/C=C/C=C/CCCOOC(C)(C)OC. The molecule has 0 unspecified atom stereocenters. The Morgan fingerprint density at radius 1 is 1.22 bits per heavy atom. The Morgan fingerprint density at radius 3 is 2.56 bits per heavy atom. The summed E-state index contributed by atoms with van der Waals surface area (Å²) in [4.78, 5) is 20.7. The highest BCUT2D eigenvalue weighted by Gasteiger charge is 2.17. The molecule has 0 aromatic heterocycles. The van der Waals surface area contributed by atoms with E-state index in [1.54, 1.807) is 33.1 Å². The van der Waals surface area contributed by atoms with E-state index in [1.165, 1.54) is 13.2 Å². The van der Waals surface area contributed by atoms with Gasteiger partial charge < -0.3 is 9.47 Å². The summed E-state index contributed by atoms with van der Waals surface area (Å²) in [5.74, 6) is -1.09. The van der Waals surface area contributed by atoms with E-state index < -0.39 is 5.79 Å². The summed E-state index contributed by atoms with van der Waals surface area (Å²) >= 11 is 0. The second kappa shape index (κ2) is 9.82. The highest BCUT2D eigenvalue weighted by atomic mass is 17.2. The smallest absolute Gasteiger partial charge is 0.330 e. The van der Waals surface area contributed by atoms with Crippen molar-refractivity contribution in [2.24, 2.45) is 0 Å². The van der Waals surface area contributed by atoms with Gasteiger partial charge in [0.1, 0.15) is 0 Å². The second-order valence-corrected chi connectivity index (χ2v) is 3.96. The van der Waals surface area contributed by atoms with Gasteiger partial charge in [0.15, 0.2) is 5.79 Å². The van der Waals surface area contributed by atoms with Crippen molar-refractivity contribution in [2.45, 2.75) is 32.5 Å². The number of hydrogen-bond acceptors (Lipinski definition) is 5. The number of esters is 1. The van der Waals surface area contributed by atoms with E-state index in [1.807, 2.05) is 6.08 Å². The lowest BCUT2D eigenvalue weighted by Crippen LogP contribution is -2.26. The molecule has 0 radical (unpaired) electrons. The second-order valence-electron chi connectivity index (χ2n) is 3.96. The Morgan fingerprint density at radius 2 is 1.94 bits per heavy atom. The summed E-state index contributed by atoms with van der Waals surface area (Å²) in [5.41, 5.74) is 0. The topological polar surface area (TPSA) is 54.0 Å². The van der Waals surface area contributed by atoms with Crippen LogP contribution in [0.25, 0.3) is 0 Å². The van der Waals surface area contributed by atoms with E-state index >= 15 is 0 Å². The van der Waals surface area contributed by atoms with Crippen molar-refractivity contribution >= 4 is 5.97 Å². The van der Waals surface area contributed by atoms with Crippen LogP contribution in [-0.2, 0) is 24.0 Å². The Labute approximate surface area is 108 Å². The largest absolute Gasteiger partial charge is 0.466 e. The molecule has 0 aliphatic rings. The Hall–Kier alpha value is -1.17. The summed E-state index contributed by atoms with van der Waals surface area (Å²) in [5, 5.41) is 0. The van der Waals surface area contributed by atoms with Crippen LogP contribution >= 0.6 is 0 Å². The molecule has 0 fully saturated rings. The maximum absolute atomic E-state index is 10.7. The van der Waals surface area contributed by atoms with Gasteiger partial charge >= 0.3 is 5.97 Å². The lowest BCUT2D eigenvalue weighted by atomic mass is 10.3. The molecular weight excluding hydrogens is 236 g/mol. The fourth-order valence-corrected chi connectivity index (χ4v) is 0.855. The molecule has 0 aromatic rings. The molecule has 0 aromatic carbocycles. The summed E-state index contributed by atoms with van der Waals surface area (Å²) in [6, 6.07) is 0. The van der Waals surface area contributed by atoms with Crippen LogP contribution in [0.5, 0.6) is 0 Å². The fourth-order valence-electron chi connectivity index (χ4n) is 0.855. The molecule has 0 saturated heterocycles. The van der Waals surface area contributed by atoms with Crippen LogP contribution in [-0.4, -0.2) is 32.6 Å². The molecule has 0 aliphatic heterocycles. The van der Waals surface area contributed by atoms with Crippen LogP contribution in [0, 0.1) is 0 Å². The van der Waals surface area contributed by atoms with Crippen LogP contribution < -0.4 is 0 Å². The predicted octanol–water partition coefficient (Wildman–Crippen LogP) is 2.38. The van der Waals surface area contributed by atoms with Crippen molar-refractivity contribution in [1.29, 1.82) is 0 Å². The first-order valence-electron chi connectivity index (χ1n) is 5.79. The first-order valence-corrected chi connectivity index (χ1v) is 5.79. The number of allylic oxidation sites excluding steroid dienone is 3. The third-order valence-electron chi connectivity index (χ3n) is 2.03. The van der Waals surface area contributed by atoms with Gasteiger partial charge in [-0.1, -0.05) is 18.2 Å². The average Bonchev–Trinajstić information content (AvgIpc) is 2.36. The van der Waals surface area contributed by atoms with Crippen LogP contribution in [0.4, 0.5) is 0 Å². The number of carbonyl (C=O) groups excluding carboxylic acids is 1. The highest BCUT2D eigenvalue weighted by molar-refractivity contribution is 5.82. The lowest BCUT2D eigenvalue weighted by molar-refractivity contribution is -0.413. The van der Waals surface area contributed by atoms with Crippen molar-refractivity contribution in [1.82, 2.24) is 0 Å². The van der Waals surface area contributed by atoms with Crippen LogP contribution in [0.1, 0.15) is 26.7 Å². The highest BCUT2D eigenvalue weighted by Crippen LogP contribution is 2.09. The number of unbranched alkanes of at least 4 members (excludes halogenated alkanes) is 1. The quantitative estimate of drug-likeness (QED) is 0.121. The molecule has 0 amide bonds. The van der Waals surface area contributed by atoms with Gasteiger partial charge in [-0.25, -0.2) is 14.6 Å². The normalized spacial score (nSPS) is 12.4. The zero-order valence-corrected chi connectivity index (χ0v) is 11.5. The maximum atomic E-state index is 10.7. The van der Waals surface area contributed by atoms with Gasteiger partial charge in [0.25, 0.3) is 0 Å². The van der Waals surface area contributed by atoms with Crippen LogP contribution in [0.3, 0.4) is 0 Å². The predicted molar refractivity (Wildman–Crippen MR) is 67.7 cm³/mol. The van der Waals surface area contributed by atoms with Gasteiger partial charge in [-0.3, -0.25) is 0 Å². The Bertz CT molecular complexity index is 281. The summed E-state index contributed by atoms with van der Waals surface area (Å²) in [6.07, 6.45) is 8.38. The molecule has 0 aliphatic carbocycles. The minimum atomic E-state index is -0.723. The van der Waals surface area contributed by atoms with Crippen molar-refractivity contribution in [2.75, 3.05) is 20.8 Å². The molecule has 0 rings (SSSR count). The lowest BCUT2D eigenvalue weighted by Gasteiger charge is -2.21. The summed E-state index contributed by atoms with van der Waals surface area (Å²) in [7, 11) is 2.90. The molecule has 0 saturated carbocycles. The van der Waals surface area contributed by atoms with Gasteiger partial charge in [-0.05, 0) is 26.7 Å². The van der Waals surface area contributed by atoms with Crippen molar-refractivity contribution in [3.63, 3.8) is 0 Å². The molecule has 5 heteroatoms. The van der Waals surface area contributed by atoms with Gasteiger partial charge in [-0.15, -0.1) is 0 Å². The number of rotatable bonds is 9. The first kappa shape index (κ1) is 16.8. The number of hydrogen-bond donors (Lipinski definition) is 0. The maximum Gasteiger partial charge on any atom is 0.330 e. The Kier molecular flexibility index (Phi) is 9.18. The van der Waals surface area contributed by atoms with E-state index in [0.29, 0.717) is 6.61 Å². The molecule has 0 spiro atoms. The number of carbonyl (C=O) groups is 1. The van der Waals surface area contributed by atoms with Gasteiger partial charge in [-0.2, -0.15) is 0 Å². The third-order valence-corrected chi connectivity index (χ3v) is 2.03. The molecular formula is C13H22O5. The van der Waals surface area contributed by atoms with Crippen molar-refractivity contribution in [3.05, 3.63) is 24.3 Å². The molecule has 0 bridgehead atoms. The molecule has 0 heterocycles. The van der Waals surface area contributed by atoms with Crippen LogP contribution in [0.15, 0.2) is 24.3 Å². The molecule has 18 heavy (non-hydrogen) atoms. The average molecular weight is 258 g/mol. The third kappa shape index (κ3) is 10.0. The van der Waals surface area contributed by atoms with Crippen LogP contribution in [0.2, 0.25) is 0 Å². The number of ether oxygens (including phenoxy) is 2. The van der Waals surface area contributed by atoms with Gasteiger partial charge in [0.2, 0.25) is 0 Å². The number of methoxy groups -OCH3 is 2. The fraction of sp³-hybridized carbons (Fsp3) is 0.615. The minimum Gasteiger partial charge on any atom is -0.466 e. The molecule has 5 nitrogen and oxygen atoms in total. The van der Waals surface area contributed by atoms with E-state index in [2.05, 4.69) is 4.74 Å². The molecule has 0 atom stereocenters. The van der Waals surface area contributed by atoms with E-state index in [4.69, 9.17) is 14.5 Å². The van der Waals surface area contributed by atoms with Crippen molar-refractivity contribution < 1.29 is 24.0 Å². The first-order chi connectivity index (χ1) is 8.52. The summed E-state index contributed by atoms with van der Waals surface area (Å²) < 4.78 is 9.46. The summed E-state index contributed by atoms with van der Waals surface area (Å²) in [6.45, 7) is 4.02. The standard InChI is InChI=1S/C13H22O5/c1-13(2,16-4)18-17-11-9-7-5-6-8-10-12(14)15-3/h5-6,8,10H,7,9,11H2,1-4H3/b6-5+,10-8+. The molecule has 0 N–H and O–H groups in total. The van der Waals surface area contributed by atoms with Crippen molar-refractivity contribution in [3.8, 4) is 0 Å². The van der Waals surface area contributed by atoms with Gasteiger partial charge in [0, 0.05) is 13.2 Å². The van der Waals surface area contributed by atoms with E-state index in [0.717, 1.165) is 12.8 Å². The zero-order valence-electron chi connectivity index (χ0n) is 11.5. The van der Waals surface area contributed by atoms with E-state index in [9.17, 15) is 4.79 Å². The monoisotopic (exact) mass is 258 g/mol. The van der Waals surface area contributed by atoms with E-state index in [-0.39, 0.29) is 5.97 Å². The minimum absolute atomic E-state index is 0.363.